The van der Waals surface area contributed by atoms with Gasteiger partial charge in [-0.25, -0.2) is 0 Å². The van der Waals surface area contributed by atoms with Gasteiger partial charge in [-0.2, -0.15) is 0 Å². The van der Waals surface area contributed by atoms with Crippen molar-refractivity contribution in [3.63, 3.8) is 0 Å². The van der Waals surface area contributed by atoms with E-state index in [0.717, 1.165) is 0 Å². The highest BCUT2D eigenvalue weighted by atomic mass is 31.2. The second kappa shape index (κ2) is 3.98. The van der Waals surface area contributed by atoms with Gasteiger partial charge in [0.25, 0.3) is 0 Å². The predicted molar refractivity (Wildman–Crippen MR) is 60.3 cm³/mol. The summed E-state index contributed by atoms with van der Waals surface area (Å²) in [5.41, 5.74) is 1.29. The molecular weight excluding hydrogens is 193 g/mol. The van der Waals surface area contributed by atoms with Gasteiger partial charge in [0.15, 0.2) is 0 Å². The molecule has 0 aromatic heterocycles. The summed E-state index contributed by atoms with van der Waals surface area (Å²) in [5, 5.41) is 0. The molecule has 0 aliphatic carbocycles. The molecule has 0 bridgehead atoms. The van der Waals surface area contributed by atoms with E-state index in [1.165, 1.54) is 5.56 Å². The van der Waals surface area contributed by atoms with E-state index in [4.69, 9.17) is 4.52 Å². The minimum atomic E-state index is -0.395. The highest BCUT2D eigenvalue weighted by Gasteiger charge is 2.35. The molecule has 0 radical (unpaired) electrons. The number of nitrogens with zero attached hydrogens (tertiary/aromatic N) is 1. The number of likely N-dealkylation sites (N-methyl/N-ethyl adjacent to an activating group) is 1. The molecule has 1 aliphatic heterocycles. The topological polar surface area (TPSA) is 12.5 Å². The minimum Gasteiger partial charge on any atom is -0.334 e. The molecule has 3 unspecified atom stereocenters. The molecule has 0 N–H and O–H groups in total. The molecule has 0 spiro atoms. The lowest BCUT2D eigenvalue weighted by molar-refractivity contribution is 0.218. The van der Waals surface area contributed by atoms with E-state index in [1.54, 1.807) is 0 Å². The first-order chi connectivity index (χ1) is 6.70. The van der Waals surface area contributed by atoms with Crippen LogP contribution in [-0.4, -0.2) is 24.4 Å². The Morgan fingerprint density at radius 2 is 1.93 bits per heavy atom. The number of hydrogen-bond donors (Lipinski definition) is 0. The minimum absolute atomic E-state index is 0.248. The highest BCUT2D eigenvalue weighted by molar-refractivity contribution is 7.49. The van der Waals surface area contributed by atoms with Gasteiger partial charge in [-0.05, 0) is 26.2 Å². The van der Waals surface area contributed by atoms with Gasteiger partial charge in [-0.3, -0.25) is 4.67 Å². The lowest BCUT2D eigenvalue weighted by Gasteiger charge is -2.18. The Morgan fingerprint density at radius 1 is 1.29 bits per heavy atom. The lowest BCUT2D eigenvalue weighted by atomic mass is 10.0. The summed E-state index contributed by atoms with van der Waals surface area (Å²) in [4.78, 5) is 0. The van der Waals surface area contributed by atoms with Crippen LogP contribution < -0.4 is 0 Å². The normalized spacial score (nSPS) is 33.5. The van der Waals surface area contributed by atoms with Crippen molar-refractivity contribution in [3.8, 4) is 0 Å². The van der Waals surface area contributed by atoms with Crippen molar-refractivity contribution in [1.29, 1.82) is 0 Å². The van der Waals surface area contributed by atoms with E-state index in [2.05, 4.69) is 49.6 Å². The average molecular weight is 209 g/mol. The quantitative estimate of drug-likeness (QED) is 0.659. The van der Waals surface area contributed by atoms with E-state index >= 15 is 0 Å². The van der Waals surface area contributed by atoms with Crippen LogP contribution in [-0.2, 0) is 4.52 Å². The Balaban J connectivity index is 2.21. The van der Waals surface area contributed by atoms with Crippen LogP contribution in [0.3, 0.4) is 0 Å². The summed E-state index contributed by atoms with van der Waals surface area (Å²) in [6.07, 6.45) is 0.248. The first-order valence-corrected chi connectivity index (χ1v) is 6.54. The van der Waals surface area contributed by atoms with E-state index in [-0.39, 0.29) is 6.10 Å². The maximum Gasteiger partial charge on any atom is 0.104 e. The van der Waals surface area contributed by atoms with Gasteiger partial charge in [0.1, 0.15) is 14.4 Å². The molecular formula is C11H16NOP. The van der Waals surface area contributed by atoms with Crippen LogP contribution in [0, 0.1) is 0 Å². The van der Waals surface area contributed by atoms with Crippen LogP contribution in [0.1, 0.15) is 18.6 Å². The third-order valence-corrected chi connectivity index (χ3v) is 4.65. The maximum absolute atomic E-state index is 5.96. The molecule has 0 saturated carbocycles. The molecule has 2 rings (SSSR count). The largest absolute Gasteiger partial charge is 0.334 e. The van der Waals surface area contributed by atoms with Gasteiger partial charge in [0.2, 0.25) is 0 Å². The second-order valence-corrected chi connectivity index (χ2v) is 5.49. The number of hydrogen-bond acceptors (Lipinski definition) is 2. The fourth-order valence-corrected chi connectivity index (χ4v) is 3.17. The van der Waals surface area contributed by atoms with Gasteiger partial charge in [0, 0.05) is 6.04 Å². The van der Waals surface area contributed by atoms with Crippen molar-refractivity contribution in [2.24, 2.45) is 0 Å². The third kappa shape index (κ3) is 1.70. The van der Waals surface area contributed by atoms with Crippen molar-refractivity contribution in [2.45, 2.75) is 19.1 Å². The zero-order valence-electron chi connectivity index (χ0n) is 8.84. The Kier molecular flexibility index (Phi) is 2.87. The zero-order chi connectivity index (χ0) is 10.1. The molecule has 1 aliphatic rings. The summed E-state index contributed by atoms with van der Waals surface area (Å²) >= 11 is 0. The van der Waals surface area contributed by atoms with E-state index in [1.807, 2.05) is 6.07 Å². The Bertz CT molecular complexity index is 303. The van der Waals surface area contributed by atoms with Gasteiger partial charge < -0.3 is 4.52 Å². The average Bonchev–Trinajstić information content (AvgIpc) is 2.47. The van der Waals surface area contributed by atoms with Gasteiger partial charge >= 0.3 is 0 Å². The van der Waals surface area contributed by atoms with Crippen molar-refractivity contribution in [3.05, 3.63) is 35.9 Å². The fraction of sp³-hybridized carbons (Fsp3) is 0.455. The standard InChI is InChI=1S/C11H16NOP/c1-9-11(13-14(3)12(9)2)10-7-5-4-6-8-10/h4-9,11H,1-3H3. The van der Waals surface area contributed by atoms with Crippen LogP contribution in [0.2, 0.25) is 0 Å². The van der Waals surface area contributed by atoms with Crippen LogP contribution in [0.15, 0.2) is 30.3 Å². The first kappa shape index (κ1) is 10.1. The van der Waals surface area contributed by atoms with Gasteiger partial charge in [-0.15, -0.1) is 0 Å². The number of rotatable bonds is 1. The van der Waals surface area contributed by atoms with Crippen LogP contribution >= 0.6 is 8.30 Å². The van der Waals surface area contributed by atoms with Crippen LogP contribution in [0.25, 0.3) is 0 Å². The summed E-state index contributed by atoms with van der Waals surface area (Å²) in [7, 11) is 1.74. The molecule has 2 nitrogen and oxygen atoms in total. The van der Waals surface area contributed by atoms with E-state index in [9.17, 15) is 0 Å². The van der Waals surface area contributed by atoms with Crippen molar-refractivity contribution < 1.29 is 4.52 Å². The molecule has 14 heavy (non-hydrogen) atoms. The zero-order valence-corrected chi connectivity index (χ0v) is 9.74. The molecule has 3 heteroatoms. The maximum atomic E-state index is 5.96. The third-order valence-electron chi connectivity index (χ3n) is 2.87. The Morgan fingerprint density at radius 3 is 2.43 bits per heavy atom. The van der Waals surface area contributed by atoms with Gasteiger partial charge in [0.05, 0.1) is 0 Å². The highest BCUT2D eigenvalue weighted by Crippen LogP contribution is 2.52. The molecule has 3 atom stereocenters. The fourth-order valence-electron chi connectivity index (χ4n) is 1.76. The lowest BCUT2D eigenvalue weighted by Crippen LogP contribution is -2.22. The molecule has 1 aromatic carbocycles. The second-order valence-electron chi connectivity index (χ2n) is 3.72. The molecule has 1 fully saturated rings. The monoisotopic (exact) mass is 209 g/mol. The molecule has 1 heterocycles. The van der Waals surface area contributed by atoms with Crippen molar-refractivity contribution in [2.75, 3.05) is 13.7 Å². The molecule has 1 aromatic rings. The smallest absolute Gasteiger partial charge is 0.104 e. The first-order valence-electron chi connectivity index (χ1n) is 4.88. The molecule has 1 saturated heterocycles. The Labute approximate surface area is 86.8 Å². The summed E-state index contributed by atoms with van der Waals surface area (Å²) in [6.45, 7) is 4.39. The number of benzene rings is 1. The summed E-state index contributed by atoms with van der Waals surface area (Å²) in [6, 6.07) is 11.0. The summed E-state index contributed by atoms with van der Waals surface area (Å²) < 4.78 is 8.29. The SMILES string of the molecule is CC1C(c2ccccc2)OP(C)N1C. The van der Waals surface area contributed by atoms with Gasteiger partial charge in [-0.1, -0.05) is 30.3 Å². The van der Waals surface area contributed by atoms with Crippen LogP contribution in [0.5, 0.6) is 0 Å². The van der Waals surface area contributed by atoms with Crippen molar-refractivity contribution >= 4 is 8.30 Å². The summed E-state index contributed by atoms with van der Waals surface area (Å²) in [5.74, 6) is 0. The van der Waals surface area contributed by atoms with Crippen LogP contribution in [0.4, 0.5) is 0 Å². The predicted octanol–water partition coefficient (Wildman–Crippen LogP) is 3.02. The molecule has 0 amide bonds. The molecule has 76 valence electrons. The van der Waals surface area contributed by atoms with Crippen molar-refractivity contribution in [1.82, 2.24) is 4.67 Å². The van der Waals surface area contributed by atoms with E-state index < -0.39 is 8.30 Å². The Hall–Kier alpha value is -0.430. The van der Waals surface area contributed by atoms with E-state index in [0.29, 0.717) is 6.04 Å².